The number of aryl methyl sites for hydroxylation is 2. The Morgan fingerprint density at radius 2 is 2.09 bits per heavy atom. The standard InChI is InChI=1S/C11H11N.C8H17NO/c1-3-9-5-2-7-12-8-6-10(4-1)11(9)12;1-9-5-2-8-3-6-10-7-4-8/h1,3-4,6,8H,2,5,7H2;8-9H,2-7H2,1H3. The van der Waals surface area contributed by atoms with Gasteiger partial charge in [0.25, 0.3) is 0 Å². The molecule has 1 aromatic heterocycles. The van der Waals surface area contributed by atoms with E-state index in [1.165, 1.54) is 55.1 Å². The topological polar surface area (TPSA) is 26.2 Å². The Morgan fingerprint density at radius 1 is 1.23 bits per heavy atom. The van der Waals surface area contributed by atoms with Crippen LogP contribution in [-0.4, -0.2) is 31.4 Å². The quantitative estimate of drug-likeness (QED) is 0.937. The van der Waals surface area contributed by atoms with E-state index in [4.69, 9.17) is 4.74 Å². The second-order valence-corrected chi connectivity index (χ2v) is 6.42. The molecule has 3 heterocycles. The van der Waals surface area contributed by atoms with Gasteiger partial charge in [0, 0.05) is 26.0 Å². The molecule has 1 aromatic carbocycles. The summed E-state index contributed by atoms with van der Waals surface area (Å²) in [6, 6.07) is 8.82. The van der Waals surface area contributed by atoms with Crippen molar-refractivity contribution in [2.24, 2.45) is 5.92 Å². The van der Waals surface area contributed by atoms with Gasteiger partial charge in [-0.2, -0.15) is 0 Å². The molecule has 1 saturated heterocycles. The molecule has 2 aliphatic heterocycles. The van der Waals surface area contributed by atoms with Gasteiger partial charge in [0.15, 0.2) is 0 Å². The molecule has 0 aliphatic carbocycles. The molecule has 120 valence electrons. The summed E-state index contributed by atoms with van der Waals surface area (Å²) in [6.07, 6.45) is 8.60. The molecule has 0 unspecified atom stereocenters. The van der Waals surface area contributed by atoms with E-state index >= 15 is 0 Å². The summed E-state index contributed by atoms with van der Waals surface area (Å²) in [5.41, 5.74) is 2.98. The molecule has 1 N–H and O–H groups in total. The molecule has 0 amide bonds. The van der Waals surface area contributed by atoms with Gasteiger partial charge in [0.2, 0.25) is 0 Å². The van der Waals surface area contributed by atoms with Crippen LogP contribution in [0.25, 0.3) is 10.9 Å². The van der Waals surface area contributed by atoms with Crippen molar-refractivity contribution in [2.45, 2.75) is 38.6 Å². The molecule has 0 spiro atoms. The average molecular weight is 300 g/mol. The number of hydrogen-bond acceptors (Lipinski definition) is 2. The zero-order valence-corrected chi connectivity index (χ0v) is 13.7. The molecular formula is C19H28N2O. The van der Waals surface area contributed by atoms with Gasteiger partial charge in [-0.15, -0.1) is 0 Å². The highest BCUT2D eigenvalue weighted by Gasteiger charge is 2.12. The zero-order chi connectivity index (χ0) is 15.2. The highest BCUT2D eigenvalue weighted by Crippen LogP contribution is 2.25. The average Bonchev–Trinajstić information content (AvgIpc) is 3.00. The van der Waals surface area contributed by atoms with Crippen LogP contribution in [-0.2, 0) is 17.7 Å². The van der Waals surface area contributed by atoms with Crippen LogP contribution in [0.15, 0.2) is 30.5 Å². The number of benzene rings is 1. The lowest BCUT2D eigenvalue weighted by Crippen LogP contribution is -2.20. The Bertz CT molecular complexity index is 584. The second kappa shape index (κ2) is 7.80. The van der Waals surface area contributed by atoms with Crippen LogP contribution < -0.4 is 5.32 Å². The molecule has 4 rings (SSSR count). The number of ether oxygens (including phenoxy) is 1. The maximum absolute atomic E-state index is 5.26. The minimum atomic E-state index is 0.918. The fourth-order valence-corrected chi connectivity index (χ4v) is 3.55. The molecule has 22 heavy (non-hydrogen) atoms. The first-order chi connectivity index (χ1) is 10.9. The van der Waals surface area contributed by atoms with E-state index in [-0.39, 0.29) is 0 Å². The van der Waals surface area contributed by atoms with E-state index in [1.54, 1.807) is 0 Å². The van der Waals surface area contributed by atoms with Crippen molar-refractivity contribution in [3.05, 3.63) is 36.0 Å². The Balaban J connectivity index is 0.000000134. The number of aromatic nitrogens is 1. The molecule has 0 bridgehead atoms. The van der Waals surface area contributed by atoms with Crippen molar-refractivity contribution in [1.29, 1.82) is 0 Å². The first-order valence-corrected chi connectivity index (χ1v) is 8.67. The van der Waals surface area contributed by atoms with Crippen LogP contribution in [0, 0.1) is 5.92 Å². The molecule has 0 saturated carbocycles. The van der Waals surface area contributed by atoms with Gasteiger partial charge >= 0.3 is 0 Å². The van der Waals surface area contributed by atoms with Crippen molar-refractivity contribution >= 4 is 10.9 Å². The lowest BCUT2D eigenvalue weighted by atomic mass is 9.97. The van der Waals surface area contributed by atoms with Crippen LogP contribution in [0.3, 0.4) is 0 Å². The van der Waals surface area contributed by atoms with Crippen LogP contribution in [0.2, 0.25) is 0 Å². The van der Waals surface area contributed by atoms with E-state index < -0.39 is 0 Å². The van der Waals surface area contributed by atoms with Crippen LogP contribution >= 0.6 is 0 Å². The van der Waals surface area contributed by atoms with Gasteiger partial charge in [0.1, 0.15) is 0 Å². The molecule has 0 radical (unpaired) electrons. The Labute approximate surface area is 133 Å². The van der Waals surface area contributed by atoms with E-state index in [0.29, 0.717) is 0 Å². The van der Waals surface area contributed by atoms with Crippen molar-refractivity contribution in [3.63, 3.8) is 0 Å². The summed E-state index contributed by atoms with van der Waals surface area (Å²) in [5, 5.41) is 4.57. The van der Waals surface area contributed by atoms with Crippen molar-refractivity contribution in [1.82, 2.24) is 9.88 Å². The van der Waals surface area contributed by atoms with Gasteiger partial charge in [-0.05, 0) is 68.6 Å². The van der Waals surface area contributed by atoms with Crippen LogP contribution in [0.4, 0.5) is 0 Å². The van der Waals surface area contributed by atoms with Crippen LogP contribution in [0.1, 0.15) is 31.2 Å². The summed E-state index contributed by atoms with van der Waals surface area (Å²) in [7, 11) is 2.01. The maximum Gasteiger partial charge on any atom is 0.0512 e. The summed E-state index contributed by atoms with van der Waals surface area (Å²) in [6.45, 7) is 4.31. The van der Waals surface area contributed by atoms with Gasteiger partial charge in [-0.25, -0.2) is 0 Å². The first-order valence-electron chi connectivity index (χ1n) is 8.67. The van der Waals surface area contributed by atoms with E-state index in [9.17, 15) is 0 Å². The van der Waals surface area contributed by atoms with E-state index in [2.05, 4.69) is 40.3 Å². The van der Waals surface area contributed by atoms with Gasteiger partial charge in [-0.1, -0.05) is 18.2 Å². The fourth-order valence-electron chi connectivity index (χ4n) is 3.55. The number of para-hydroxylation sites is 1. The van der Waals surface area contributed by atoms with Crippen molar-refractivity contribution in [3.8, 4) is 0 Å². The van der Waals surface area contributed by atoms with Crippen molar-refractivity contribution in [2.75, 3.05) is 26.8 Å². The molecule has 1 fully saturated rings. The monoisotopic (exact) mass is 300 g/mol. The molecule has 2 aliphatic rings. The van der Waals surface area contributed by atoms with Gasteiger partial charge in [0.05, 0.1) is 5.52 Å². The number of nitrogens with one attached hydrogen (secondary N) is 1. The third kappa shape index (κ3) is 3.71. The SMILES string of the molecule is CNCCC1CCOCC1.c1cc2c3c(c1)ccn3CCC2. The zero-order valence-electron chi connectivity index (χ0n) is 13.7. The third-order valence-electron chi connectivity index (χ3n) is 4.86. The number of hydrogen-bond donors (Lipinski definition) is 1. The lowest BCUT2D eigenvalue weighted by Gasteiger charge is -2.21. The fraction of sp³-hybridized carbons (Fsp3) is 0.579. The molecule has 0 atom stereocenters. The third-order valence-corrected chi connectivity index (χ3v) is 4.86. The van der Waals surface area contributed by atoms with Crippen LogP contribution in [0.5, 0.6) is 0 Å². The Morgan fingerprint density at radius 3 is 2.91 bits per heavy atom. The predicted octanol–water partition coefficient (Wildman–Crippen LogP) is 3.61. The number of nitrogens with zero attached hydrogens (tertiary/aromatic N) is 1. The summed E-state index contributed by atoms with van der Waals surface area (Å²) < 4.78 is 7.63. The maximum atomic E-state index is 5.26. The highest BCUT2D eigenvalue weighted by atomic mass is 16.5. The summed E-state index contributed by atoms with van der Waals surface area (Å²) >= 11 is 0. The Hall–Kier alpha value is -1.32. The first kappa shape index (κ1) is 15.6. The second-order valence-electron chi connectivity index (χ2n) is 6.42. The predicted molar refractivity (Wildman–Crippen MR) is 92.3 cm³/mol. The molecule has 2 aromatic rings. The largest absolute Gasteiger partial charge is 0.381 e. The Kier molecular flexibility index (Phi) is 5.52. The summed E-state index contributed by atoms with van der Waals surface area (Å²) in [5.74, 6) is 0.918. The van der Waals surface area contributed by atoms with E-state index in [0.717, 1.165) is 25.7 Å². The minimum Gasteiger partial charge on any atom is -0.381 e. The normalized spacial score (nSPS) is 18.0. The molecule has 3 nitrogen and oxygen atoms in total. The molecule has 3 heteroatoms. The smallest absolute Gasteiger partial charge is 0.0512 e. The highest BCUT2D eigenvalue weighted by molar-refractivity contribution is 5.83. The minimum absolute atomic E-state index is 0.918. The van der Waals surface area contributed by atoms with Gasteiger partial charge in [-0.3, -0.25) is 0 Å². The van der Waals surface area contributed by atoms with Gasteiger partial charge < -0.3 is 14.6 Å². The lowest BCUT2D eigenvalue weighted by molar-refractivity contribution is 0.0641. The van der Waals surface area contributed by atoms with Crippen molar-refractivity contribution < 1.29 is 4.74 Å². The number of rotatable bonds is 3. The molecular weight excluding hydrogens is 272 g/mol. The summed E-state index contributed by atoms with van der Waals surface area (Å²) in [4.78, 5) is 0. The van der Waals surface area contributed by atoms with E-state index in [1.807, 2.05) is 7.05 Å².